The summed E-state index contributed by atoms with van der Waals surface area (Å²) in [6.07, 6.45) is 18.1. The lowest BCUT2D eigenvalue weighted by molar-refractivity contribution is -0.698. The van der Waals surface area contributed by atoms with E-state index in [1.54, 1.807) is 0 Å². The second-order valence-electron chi connectivity index (χ2n) is 6.72. The molecule has 0 spiro atoms. The minimum atomic E-state index is 0.356. The summed E-state index contributed by atoms with van der Waals surface area (Å²) in [5, 5.41) is 0. The van der Waals surface area contributed by atoms with Crippen LogP contribution >= 0.6 is 31.9 Å². The second-order valence-corrected chi connectivity index (χ2v) is 8.84. The van der Waals surface area contributed by atoms with Crippen molar-refractivity contribution >= 4 is 43.2 Å². The lowest BCUT2D eigenvalue weighted by Gasteiger charge is -2.07. The van der Waals surface area contributed by atoms with Gasteiger partial charge in [-0.15, -0.1) is 0 Å². The van der Waals surface area contributed by atoms with E-state index >= 15 is 0 Å². The molecule has 0 aliphatic carbocycles. The summed E-state index contributed by atoms with van der Waals surface area (Å²) in [7, 11) is 0. The van der Waals surface area contributed by atoms with Gasteiger partial charge in [-0.2, -0.15) is 9.13 Å². The fraction of sp³-hybridized carbons (Fsp3) is 0.500. The summed E-state index contributed by atoms with van der Waals surface area (Å²) < 4.78 is 4.34. The van der Waals surface area contributed by atoms with Crippen LogP contribution in [0.25, 0.3) is 0 Å². The molecule has 0 aromatic carbocycles. The van der Waals surface area contributed by atoms with E-state index in [9.17, 15) is 0 Å². The van der Waals surface area contributed by atoms with Crippen LogP contribution in [0.2, 0.25) is 0 Å². The monoisotopic (exact) mass is 484 g/mol. The van der Waals surface area contributed by atoms with E-state index in [-0.39, 0.29) is 0 Å². The zero-order chi connectivity index (χ0) is 18.8. The van der Waals surface area contributed by atoms with Gasteiger partial charge in [-0.05, 0) is 44.7 Å². The number of nitrogens with two attached hydrogens (primary N) is 2. The number of nitrogens with zero attached hydrogens (tertiary/aromatic N) is 2. The highest BCUT2D eigenvalue weighted by molar-refractivity contribution is 9.09. The maximum atomic E-state index is 5.73. The number of alkyl halides is 2. The Morgan fingerprint density at radius 3 is 1.27 bits per heavy atom. The Balaban J connectivity index is 1.50. The average Bonchev–Trinajstić information content (AvgIpc) is 2.64. The first-order chi connectivity index (χ1) is 12.6. The van der Waals surface area contributed by atoms with Crippen LogP contribution in [0.5, 0.6) is 0 Å². The normalized spacial score (nSPS) is 13.5. The molecule has 0 fully saturated rings. The van der Waals surface area contributed by atoms with Gasteiger partial charge in [-0.25, -0.2) is 0 Å². The molecule has 2 unspecified atom stereocenters. The minimum Gasteiger partial charge on any atom is -0.398 e. The maximum absolute atomic E-state index is 5.73. The van der Waals surface area contributed by atoms with Crippen molar-refractivity contribution < 1.29 is 9.13 Å². The van der Waals surface area contributed by atoms with Crippen molar-refractivity contribution in [2.75, 3.05) is 11.5 Å². The number of pyridine rings is 2. The van der Waals surface area contributed by atoms with E-state index in [1.165, 1.54) is 38.5 Å². The van der Waals surface area contributed by atoms with Crippen LogP contribution in [0.3, 0.4) is 0 Å². The Kier molecular flexibility index (Phi) is 9.40. The first kappa shape index (κ1) is 21.2. The van der Waals surface area contributed by atoms with Crippen molar-refractivity contribution in [3.63, 3.8) is 0 Å². The molecule has 2 aromatic rings. The molecular weight excluding hydrogens is 456 g/mol. The standard InChI is InChI=1S/C20H28Br2N4/c21-19(25-13-9-17(23)10-14-25)7-5-3-1-2-4-6-8-20(22)26-15-11-18(24)12-16-26/h9-16,19-20,23-24H,1-8H2/p+2. The van der Waals surface area contributed by atoms with Crippen LogP contribution in [-0.4, -0.2) is 0 Å². The lowest BCUT2D eigenvalue weighted by Crippen LogP contribution is -2.35. The molecule has 0 bridgehead atoms. The van der Waals surface area contributed by atoms with Crippen molar-refractivity contribution in [3.8, 4) is 0 Å². The average molecular weight is 486 g/mol. The zero-order valence-corrected chi connectivity index (χ0v) is 18.4. The summed E-state index contributed by atoms with van der Waals surface area (Å²) >= 11 is 7.51. The van der Waals surface area contributed by atoms with Crippen LogP contribution in [0.1, 0.15) is 61.3 Å². The van der Waals surface area contributed by atoms with Crippen LogP contribution < -0.4 is 20.6 Å². The number of halogens is 2. The number of unbranched alkanes of at least 4 members (excludes halogenated alkanes) is 5. The third-order valence-electron chi connectivity index (χ3n) is 4.54. The maximum Gasteiger partial charge on any atom is 0.211 e. The Hall–Kier alpha value is -1.14. The van der Waals surface area contributed by atoms with Gasteiger partial charge in [0.05, 0.1) is 0 Å². The van der Waals surface area contributed by atoms with Crippen molar-refractivity contribution in [2.45, 2.75) is 61.3 Å². The quantitative estimate of drug-likeness (QED) is 0.266. The van der Waals surface area contributed by atoms with Crippen molar-refractivity contribution in [3.05, 3.63) is 49.1 Å². The molecule has 26 heavy (non-hydrogen) atoms. The van der Waals surface area contributed by atoms with Crippen LogP contribution in [0, 0.1) is 0 Å². The van der Waals surface area contributed by atoms with Crippen LogP contribution in [0.15, 0.2) is 49.1 Å². The molecule has 0 saturated heterocycles. The summed E-state index contributed by atoms with van der Waals surface area (Å²) in [6, 6.07) is 7.75. The molecule has 2 rings (SSSR count). The molecule has 2 atom stereocenters. The fourth-order valence-corrected chi connectivity index (χ4v) is 4.10. The predicted molar refractivity (Wildman–Crippen MR) is 115 cm³/mol. The Morgan fingerprint density at radius 1 is 0.615 bits per heavy atom. The van der Waals surface area contributed by atoms with Gasteiger partial charge in [0.25, 0.3) is 0 Å². The van der Waals surface area contributed by atoms with Crippen molar-refractivity contribution in [1.82, 2.24) is 0 Å². The van der Waals surface area contributed by atoms with Crippen LogP contribution in [0.4, 0.5) is 11.4 Å². The summed E-state index contributed by atoms with van der Waals surface area (Å²) in [4.78, 5) is 0.711. The van der Waals surface area contributed by atoms with E-state index in [1.807, 2.05) is 49.1 Å². The molecule has 2 aromatic heterocycles. The zero-order valence-electron chi connectivity index (χ0n) is 15.2. The highest BCUT2D eigenvalue weighted by Gasteiger charge is 2.14. The first-order valence-corrected chi connectivity index (χ1v) is 11.2. The second kappa shape index (κ2) is 11.5. The highest BCUT2D eigenvalue weighted by Crippen LogP contribution is 2.20. The topological polar surface area (TPSA) is 59.8 Å². The molecule has 0 radical (unpaired) electrons. The third-order valence-corrected chi connectivity index (χ3v) is 6.40. The molecule has 0 saturated carbocycles. The fourth-order valence-electron chi connectivity index (χ4n) is 2.90. The summed E-state index contributed by atoms with van der Waals surface area (Å²) in [5.41, 5.74) is 13.1. The molecule has 2 heterocycles. The number of hydrogen-bond acceptors (Lipinski definition) is 2. The number of anilines is 2. The SMILES string of the molecule is Nc1cc[n+](C(Br)CCCCCCCCC(Br)[n+]2ccc(N)cc2)cc1. The minimum absolute atomic E-state index is 0.356. The van der Waals surface area contributed by atoms with Crippen LogP contribution in [-0.2, 0) is 0 Å². The molecule has 142 valence electrons. The number of rotatable bonds is 11. The highest BCUT2D eigenvalue weighted by atomic mass is 79.9. The van der Waals surface area contributed by atoms with Gasteiger partial charge >= 0.3 is 0 Å². The summed E-state index contributed by atoms with van der Waals surface area (Å²) in [6.45, 7) is 0. The van der Waals surface area contributed by atoms with E-state index in [2.05, 4.69) is 41.0 Å². The number of aromatic nitrogens is 2. The van der Waals surface area contributed by atoms with Gasteiger partial charge in [0.2, 0.25) is 9.90 Å². The molecular formula is C20H30Br2N4+2. The molecule has 0 aliphatic rings. The smallest absolute Gasteiger partial charge is 0.211 e. The van der Waals surface area contributed by atoms with Gasteiger partial charge in [0.15, 0.2) is 24.8 Å². The third kappa shape index (κ3) is 7.62. The molecule has 6 heteroatoms. The summed E-state index contributed by atoms with van der Waals surface area (Å²) in [5.74, 6) is 0. The van der Waals surface area contributed by atoms with Gasteiger partial charge in [0.1, 0.15) is 0 Å². The molecule has 4 N–H and O–H groups in total. The van der Waals surface area contributed by atoms with Crippen molar-refractivity contribution in [2.24, 2.45) is 0 Å². The Bertz CT molecular complexity index is 574. The largest absolute Gasteiger partial charge is 0.398 e. The van der Waals surface area contributed by atoms with Gasteiger partial charge in [0, 0.05) is 48.5 Å². The Morgan fingerprint density at radius 2 is 0.923 bits per heavy atom. The number of hydrogen-bond donors (Lipinski definition) is 2. The van der Waals surface area contributed by atoms with E-state index in [0.717, 1.165) is 24.2 Å². The van der Waals surface area contributed by atoms with Gasteiger partial charge in [-0.1, -0.05) is 25.7 Å². The van der Waals surface area contributed by atoms with E-state index < -0.39 is 0 Å². The lowest BCUT2D eigenvalue weighted by atomic mass is 10.1. The van der Waals surface area contributed by atoms with Gasteiger partial charge < -0.3 is 11.5 Å². The predicted octanol–water partition coefficient (Wildman–Crippen LogP) is 5.03. The van der Waals surface area contributed by atoms with Crippen molar-refractivity contribution in [1.29, 1.82) is 0 Å². The number of nitrogen functional groups attached to an aromatic ring is 2. The molecule has 0 aliphatic heterocycles. The molecule has 0 amide bonds. The van der Waals surface area contributed by atoms with E-state index in [0.29, 0.717) is 9.90 Å². The first-order valence-electron chi connectivity index (χ1n) is 9.37. The molecule has 4 nitrogen and oxygen atoms in total. The van der Waals surface area contributed by atoms with E-state index in [4.69, 9.17) is 11.5 Å². The van der Waals surface area contributed by atoms with Gasteiger partial charge in [-0.3, -0.25) is 0 Å². The Labute approximate surface area is 173 Å².